The van der Waals surface area contributed by atoms with Crippen molar-refractivity contribution in [1.82, 2.24) is 5.32 Å². The first-order valence-electron chi connectivity index (χ1n) is 14.3. The third-order valence-corrected chi connectivity index (χ3v) is 7.02. The Balaban J connectivity index is 1.51. The minimum atomic E-state index is -0.508. The summed E-state index contributed by atoms with van der Waals surface area (Å²) in [4.78, 5) is 39.3. The number of nitrogens with one attached hydrogen (secondary N) is 2. The van der Waals surface area contributed by atoms with E-state index in [0.29, 0.717) is 45.5 Å². The summed E-state index contributed by atoms with van der Waals surface area (Å²) >= 11 is 0. The molecule has 0 atom stereocenters. The van der Waals surface area contributed by atoms with Crippen molar-refractivity contribution in [1.29, 1.82) is 0 Å². The normalized spacial score (nSPS) is 11.3. The maximum atomic E-state index is 13.4. The van der Waals surface area contributed by atoms with Crippen LogP contribution in [0.2, 0.25) is 0 Å². The van der Waals surface area contributed by atoms with Gasteiger partial charge >= 0.3 is 0 Å². The molecule has 0 unspecified atom stereocenters. The molecule has 0 saturated carbocycles. The zero-order chi connectivity index (χ0) is 32.3. The van der Waals surface area contributed by atoms with E-state index >= 15 is 0 Å². The van der Waals surface area contributed by atoms with Gasteiger partial charge in [0.25, 0.3) is 11.8 Å². The van der Waals surface area contributed by atoms with Gasteiger partial charge in [-0.3, -0.25) is 14.4 Å². The lowest BCUT2D eigenvalue weighted by Gasteiger charge is -2.12. The van der Waals surface area contributed by atoms with Crippen molar-refractivity contribution in [3.05, 3.63) is 131 Å². The number of allylic oxidation sites excluding steroid dienone is 1. The van der Waals surface area contributed by atoms with Gasteiger partial charge in [0, 0.05) is 28.4 Å². The number of hydrogen-bond donors (Lipinski definition) is 2. The van der Waals surface area contributed by atoms with Gasteiger partial charge in [0.05, 0.1) is 21.3 Å². The van der Waals surface area contributed by atoms with Gasteiger partial charge in [-0.1, -0.05) is 56.3 Å². The smallest absolute Gasteiger partial charge is 0.272 e. The highest BCUT2D eigenvalue weighted by molar-refractivity contribution is 6.11. The van der Waals surface area contributed by atoms with E-state index in [9.17, 15) is 14.4 Å². The topological polar surface area (TPSA) is 103 Å². The lowest BCUT2D eigenvalue weighted by atomic mass is 10.0. The van der Waals surface area contributed by atoms with Crippen molar-refractivity contribution in [2.24, 2.45) is 0 Å². The third-order valence-electron chi connectivity index (χ3n) is 7.02. The molecule has 230 valence electrons. The molecule has 0 aliphatic heterocycles. The minimum absolute atomic E-state index is 0.0769. The summed E-state index contributed by atoms with van der Waals surface area (Å²) in [6.45, 7) is 4.21. The molecule has 0 fully saturated rings. The molecule has 0 aliphatic rings. The van der Waals surface area contributed by atoms with E-state index in [2.05, 4.69) is 24.5 Å². The molecule has 0 heterocycles. The fraction of sp³-hybridized carbons (Fsp3) is 0.162. The van der Waals surface area contributed by atoms with Gasteiger partial charge in [0.2, 0.25) is 0 Å². The predicted molar refractivity (Wildman–Crippen MR) is 177 cm³/mol. The summed E-state index contributed by atoms with van der Waals surface area (Å²) in [7, 11) is 4.60. The summed E-state index contributed by atoms with van der Waals surface area (Å²) in [5.74, 6) is 0.742. The van der Waals surface area contributed by atoms with Gasteiger partial charge in [-0.25, -0.2) is 0 Å². The molecule has 4 aromatic rings. The molecule has 4 rings (SSSR count). The van der Waals surface area contributed by atoms with E-state index in [0.717, 1.165) is 5.56 Å². The highest BCUT2D eigenvalue weighted by Gasteiger charge is 2.16. The fourth-order valence-electron chi connectivity index (χ4n) is 4.45. The molecule has 45 heavy (non-hydrogen) atoms. The molecular formula is C37H36N2O6. The van der Waals surface area contributed by atoms with Crippen molar-refractivity contribution in [2.45, 2.75) is 19.8 Å². The van der Waals surface area contributed by atoms with Crippen LogP contribution in [-0.4, -0.2) is 38.9 Å². The first-order valence-corrected chi connectivity index (χ1v) is 14.3. The highest BCUT2D eigenvalue weighted by Crippen LogP contribution is 2.35. The van der Waals surface area contributed by atoms with Gasteiger partial charge in [0.15, 0.2) is 17.3 Å². The van der Waals surface area contributed by atoms with E-state index in [1.54, 1.807) is 72.8 Å². The Hall–Kier alpha value is -5.63. The van der Waals surface area contributed by atoms with E-state index in [1.807, 2.05) is 30.3 Å². The number of ether oxygens (including phenoxy) is 3. The Kier molecular flexibility index (Phi) is 10.9. The van der Waals surface area contributed by atoms with E-state index in [1.165, 1.54) is 33.0 Å². The molecule has 0 aliphatic carbocycles. The average molecular weight is 605 g/mol. The first-order chi connectivity index (χ1) is 21.7. The number of anilines is 1. The summed E-state index contributed by atoms with van der Waals surface area (Å²) < 4.78 is 16.1. The molecular weight excluding hydrogens is 568 g/mol. The fourth-order valence-corrected chi connectivity index (χ4v) is 4.45. The summed E-state index contributed by atoms with van der Waals surface area (Å²) in [6.07, 6.45) is 4.70. The van der Waals surface area contributed by atoms with Crippen LogP contribution in [-0.2, 0) is 4.79 Å². The molecule has 0 saturated heterocycles. The zero-order valence-electron chi connectivity index (χ0n) is 25.9. The largest absolute Gasteiger partial charge is 0.496 e. The van der Waals surface area contributed by atoms with Crippen LogP contribution in [0.15, 0.2) is 103 Å². The van der Waals surface area contributed by atoms with Crippen molar-refractivity contribution in [3.8, 4) is 17.2 Å². The third kappa shape index (κ3) is 8.48. The van der Waals surface area contributed by atoms with Crippen molar-refractivity contribution >= 4 is 35.4 Å². The molecule has 0 bridgehead atoms. The molecule has 0 spiro atoms. The Morgan fingerprint density at radius 3 is 1.93 bits per heavy atom. The number of carbonyl (C=O) groups excluding carboxylic acids is 3. The summed E-state index contributed by atoms with van der Waals surface area (Å²) in [6, 6.07) is 26.4. The summed E-state index contributed by atoms with van der Waals surface area (Å²) in [5.41, 5.74) is 3.94. The Bertz CT molecular complexity index is 1710. The van der Waals surface area contributed by atoms with Gasteiger partial charge in [0.1, 0.15) is 11.4 Å². The van der Waals surface area contributed by atoms with Gasteiger partial charge in [-0.2, -0.15) is 0 Å². The van der Waals surface area contributed by atoms with Crippen molar-refractivity contribution < 1.29 is 28.6 Å². The molecule has 0 radical (unpaired) electrons. The predicted octanol–water partition coefficient (Wildman–Crippen LogP) is 7.14. The quantitative estimate of drug-likeness (QED) is 0.132. The highest BCUT2D eigenvalue weighted by atomic mass is 16.5. The van der Waals surface area contributed by atoms with Crippen LogP contribution in [0.4, 0.5) is 5.69 Å². The van der Waals surface area contributed by atoms with E-state index < -0.39 is 11.8 Å². The maximum Gasteiger partial charge on any atom is 0.272 e. The first kappa shape index (κ1) is 32.3. The van der Waals surface area contributed by atoms with E-state index in [4.69, 9.17) is 14.2 Å². The number of carbonyl (C=O) groups is 3. The van der Waals surface area contributed by atoms with Crippen LogP contribution in [0.5, 0.6) is 17.2 Å². The van der Waals surface area contributed by atoms with Crippen LogP contribution in [0, 0.1) is 0 Å². The molecule has 4 aromatic carbocycles. The Morgan fingerprint density at radius 1 is 0.711 bits per heavy atom. The second-order valence-electron chi connectivity index (χ2n) is 10.4. The summed E-state index contributed by atoms with van der Waals surface area (Å²) in [5, 5.41) is 5.56. The Morgan fingerprint density at radius 2 is 1.33 bits per heavy atom. The average Bonchev–Trinajstić information content (AvgIpc) is 3.07. The van der Waals surface area contributed by atoms with Crippen LogP contribution < -0.4 is 24.8 Å². The molecule has 0 aromatic heterocycles. The second-order valence-corrected chi connectivity index (χ2v) is 10.4. The lowest BCUT2D eigenvalue weighted by molar-refractivity contribution is -0.113. The van der Waals surface area contributed by atoms with Gasteiger partial charge in [-0.05, 0) is 77.7 Å². The number of ketones is 1. The van der Waals surface area contributed by atoms with E-state index in [-0.39, 0.29) is 11.5 Å². The van der Waals surface area contributed by atoms with Crippen molar-refractivity contribution in [2.75, 3.05) is 26.6 Å². The monoisotopic (exact) mass is 604 g/mol. The minimum Gasteiger partial charge on any atom is -0.496 e. The van der Waals surface area contributed by atoms with Crippen LogP contribution in [0.3, 0.4) is 0 Å². The number of benzene rings is 4. The number of rotatable bonds is 12. The molecule has 2 amide bonds. The molecule has 2 N–H and O–H groups in total. The van der Waals surface area contributed by atoms with Gasteiger partial charge in [-0.15, -0.1) is 0 Å². The van der Waals surface area contributed by atoms with Crippen LogP contribution in [0.25, 0.3) is 12.2 Å². The number of hydrogen-bond acceptors (Lipinski definition) is 6. The number of amides is 2. The lowest BCUT2D eigenvalue weighted by Crippen LogP contribution is -2.30. The molecule has 8 heteroatoms. The van der Waals surface area contributed by atoms with Crippen LogP contribution in [0.1, 0.15) is 57.2 Å². The van der Waals surface area contributed by atoms with Crippen LogP contribution >= 0.6 is 0 Å². The Labute approximate surface area is 263 Å². The SMILES string of the molecule is COc1cc(OC)c(OC)cc1/C=C/C(=O)c1ccc(NC(=O)/C(=C/c2ccc(C(C)C)cc2)NC(=O)c2ccccc2)cc1. The zero-order valence-corrected chi connectivity index (χ0v) is 25.9. The maximum absolute atomic E-state index is 13.4. The number of methoxy groups -OCH3 is 3. The van der Waals surface area contributed by atoms with Crippen molar-refractivity contribution in [3.63, 3.8) is 0 Å². The second kappa shape index (κ2) is 15.2. The standard InChI is InChI=1S/C37H36N2O6/c1-24(2)26-13-11-25(12-14-26)21-31(39-36(41)28-9-7-6-8-10-28)37(42)38-30-18-15-27(16-19-30)32(40)20-17-29-22-34(44-4)35(45-5)23-33(29)43-3/h6-24H,1-5H3,(H,38,42)(H,39,41)/b20-17+,31-21-. The molecule has 8 nitrogen and oxygen atoms in total. The van der Waals surface area contributed by atoms with Gasteiger partial charge < -0.3 is 24.8 Å².